The number of ether oxygens (including phenoxy) is 2. The van der Waals surface area contributed by atoms with Crippen LogP contribution in [-0.4, -0.2) is 24.6 Å². The fraction of sp³-hybridized carbons (Fsp3) is 0.385. The van der Waals surface area contributed by atoms with E-state index in [0.29, 0.717) is 24.5 Å². The van der Waals surface area contributed by atoms with E-state index in [-0.39, 0.29) is 11.9 Å². The van der Waals surface area contributed by atoms with E-state index in [2.05, 4.69) is 5.32 Å². The third kappa shape index (κ3) is 3.30. The van der Waals surface area contributed by atoms with Crippen LogP contribution in [0, 0.1) is 0 Å². The minimum atomic E-state index is -0.444. The number of nitrogens with one attached hydrogen (secondary N) is 1. The summed E-state index contributed by atoms with van der Waals surface area (Å²) in [5, 5.41) is 2.64. The molecule has 2 rings (SSSR count). The zero-order valence-electron chi connectivity index (χ0n) is 10.1. The van der Waals surface area contributed by atoms with Gasteiger partial charge in [0, 0.05) is 19.2 Å². The van der Waals surface area contributed by atoms with Crippen molar-refractivity contribution in [3.8, 4) is 5.75 Å². The molecule has 0 radical (unpaired) electrons. The zero-order chi connectivity index (χ0) is 13.0. The highest BCUT2D eigenvalue weighted by Gasteiger charge is 2.25. The molecule has 96 valence electrons. The van der Waals surface area contributed by atoms with Crippen LogP contribution >= 0.6 is 0 Å². The standard InChI is InChI=1S/C13H15NO4/c1-9(15)14-10-4-6-11(7-5-10)18-13(16)12-3-2-8-17-12/h4-7,12H,2-3,8H2,1H3,(H,14,15). The lowest BCUT2D eigenvalue weighted by Crippen LogP contribution is -2.24. The van der Waals surface area contributed by atoms with Crippen molar-refractivity contribution in [1.29, 1.82) is 0 Å². The lowest BCUT2D eigenvalue weighted by Gasteiger charge is -2.09. The first-order valence-electron chi connectivity index (χ1n) is 5.86. The quantitative estimate of drug-likeness (QED) is 0.654. The number of esters is 1. The average molecular weight is 249 g/mol. The Morgan fingerprint density at radius 2 is 2.06 bits per heavy atom. The lowest BCUT2D eigenvalue weighted by molar-refractivity contribution is -0.144. The number of anilines is 1. The maximum Gasteiger partial charge on any atom is 0.340 e. The van der Waals surface area contributed by atoms with Crippen LogP contribution in [0.25, 0.3) is 0 Å². The first-order chi connectivity index (χ1) is 8.65. The number of hydrogen-bond acceptors (Lipinski definition) is 4. The number of carbonyl (C=O) groups is 2. The first kappa shape index (κ1) is 12.6. The summed E-state index contributed by atoms with van der Waals surface area (Å²) in [6.07, 6.45) is 1.16. The van der Waals surface area contributed by atoms with E-state index < -0.39 is 6.10 Å². The predicted molar refractivity (Wildman–Crippen MR) is 65.4 cm³/mol. The van der Waals surface area contributed by atoms with Crippen LogP contribution in [0.3, 0.4) is 0 Å². The van der Waals surface area contributed by atoms with Crippen molar-refractivity contribution < 1.29 is 19.1 Å². The summed E-state index contributed by atoms with van der Waals surface area (Å²) in [6.45, 7) is 2.05. The molecule has 1 saturated heterocycles. The van der Waals surface area contributed by atoms with E-state index in [9.17, 15) is 9.59 Å². The smallest absolute Gasteiger partial charge is 0.340 e. The van der Waals surface area contributed by atoms with Crippen LogP contribution in [-0.2, 0) is 14.3 Å². The molecular weight excluding hydrogens is 234 g/mol. The summed E-state index contributed by atoms with van der Waals surface area (Å²) >= 11 is 0. The Kier molecular flexibility index (Phi) is 3.94. The van der Waals surface area contributed by atoms with Gasteiger partial charge in [-0.1, -0.05) is 0 Å². The van der Waals surface area contributed by atoms with Gasteiger partial charge in [0.1, 0.15) is 5.75 Å². The zero-order valence-corrected chi connectivity index (χ0v) is 10.1. The highest BCUT2D eigenvalue weighted by Crippen LogP contribution is 2.19. The summed E-state index contributed by atoms with van der Waals surface area (Å²) in [5.41, 5.74) is 0.666. The van der Waals surface area contributed by atoms with Gasteiger partial charge in [0.25, 0.3) is 0 Å². The van der Waals surface area contributed by atoms with E-state index in [1.165, 1.54) is 6.92 Å². The second-order valence-corrected chi connectivity index (χ2v) is 4.13. The van der Waals surface area contributed by atoms with Crippen molar-refractivity contribution in [3.05, 3.63) is 24.3 Å². The normalized spacial score (nSPS) is 18.4. The fourth-order valence-electron chi connectivity index (χ4n) is 1.75. The number of hydrogen-bond donors (Lipinski definition) is 1. The molecule has 18 heavy (non-hydrogen) atoms. The molecule has 0 bridgehead atoms. The summed E-state index contributed by atoms with van der Waals surface area (Å²) in [7, 11) is 0. The molecule has 1 heterocycles. The highest BCUT2D eigenvalue weighted by molar-refractivity contribution is 5.88. The van der Waals surface area contributed by atoms with Crippen molar-refractivity contribution in [2.24, 2.45) is 0 Å². The Morgan fingerprint density at radius 3 is 2.61 bits per heavy atom. The van der Waals surface area contributed by atoms with Crippen molar-refractivity contribution in [1.82, 2.24) is 0 Å². The van der Waals surface area contributed by atoms with Gasteiger partial charge in [-0.05, 0) is 37.1 Å². The minimum Gasteiger partial charge on any atom is -0.425 e. The van der Waals surface area contributed by atoms with Crippen molar-refractivity contribution in [2.45, 2.75) is 25.9 Å². The molecule has 1 fully saturated rings. The molecule has 0 saturated carbocycles. The predicted octanol–water partition coefficient (Wildman–Crippen LogP) is 1.73. The highest BCUT2D eigenvalue weighted by atomic mass is 16.6. The number of amides is 1. The molecule has 1 amide bonds. The van der Waals surface area contributed by atoms with Gasteiger partial charge < -0.3 is 14.8 Å². The Labute approximate surface area is 105 Å². The Balaban J connectivity index is 1.93. The molecule has 1 aromatic carbocycles. The second kappa shape index (κ2) is 5.64. The number of rotatable bonds is 3. The summed E-state index contributed by atoms with van der Waals surface area (Å²) in [4.78, 5) is 22.5. The van der Waals surface area contributed by atoms with Crippen molar-refractivity contribution in [3.63, 3.8) is 0 Å². The van der Waals surface area contributed by atoms with Gasteiger partial charge in [-0.3, -0.25) is 4.79 Å². The summed E-state index contributed by atoms with van der Waals surface area (Å²) < 4.78 is 10.4. The molecule has 1 unspecified atom stereocenters. The maximum atomic E-state index is 11.7. The van der Waals surface area contributed by atoms with E-state index in [4.69, 9.17) is 9.47 Å². The van der Waals surface area contributed by atoms with Crippen LogP contribution in [0.2, 0.25) is 0 Å². The van der Waals surface area contributed by atoms with E-state index in [1.54, 1.807) is 24.3 Å². The van der Waals surface area contributed by atoms with Gasteiger partial charge in [0.2, 0.25) is 5.91 Å². The van der Waals surface area contributed by atoms with Crippen molar-refractivity contribution in [2.75, 3.05) is 11.9 Å². The van der Waals surface area contributed by atoms with E-state index in [1.807, 2.05) is 0 Å². The monoisotopic (exact) mass is 249 g/mol. The fourth-order valence-corrected chi connectivity index (χ4v) is 1.75. The molecule has 0 aliphatic carbocycles. The van der Waals surface area contributed by atoms with Crippen LogP contribution in [0.1, 0.15) is 19.8 Å². The molecule has 5 heteroatoms. The third-order valence-electron chi connectivity index (χ3n) is 2.59. The van der Waals surface area contributed by atoms with Crippen molar-refractivity contribution >= 4 is 17.6 Å². The van der Waals surface area contributed by atoms with Gasteiger partial charge in [-0.15, -0.1) is 0 Å². The maximum absolute atomic E-state index is 11.7. The van der Waals surface area contributed by atoms with Crippen LogP contribution < -0.4 is 10.1 Å². The molecular formula is C13H15NO4. The van der Waals surface area contributed by atoms with Crippen LogP contribution in [0.5, 0.6) is 5.75 Å². The molecule has 1 atom stereocenters. The molecule has 1 N–H and O–H groups in total. The van der Waals surface area contributed by atoms with Gasteiger partial charge in [-0.2, -0.15) is 0 Å². The molecule has 0 spiro atoms. The SMILES string of the molecule is CC(=O)Nc1ccc(OC(=O)C2CCCO2)cc1. The first-order valence-corrected chi connectivity index (χ1v) is 5.86. The minimum absolute atomic E-state index is 0.140. The molecule has 1 aromatic rings. The molecule has 1 aliphatic rings. The topological polar surface area (TPSA) is 64.6 Å². The van der Waals surface area contributed by atoms with E-state index in [0.717, 1.165) is 6.42 Å². The average Bonchev–Trinajstić information content (AvgIpc) is 2.84. The van der Waals surface area contributed by atoms with Crippen LogP contribution in [0.4, 0.5) is 5.69 Å². The molecule has 0 aromatic heterocycles. The summed E-state index contributed by atoms with van der Waals surface area (Å²) in [6, 6.07) is 6.63. The largest absolute Gasteiger partial charge is 0.425 e. The number of benzene rings is 1. The number of carbonyl (C=O) groups excluding carboxylic acids is 2. The summed E-state index contributed by atoms with van der Waals surface area (Å²) in [5.74, 6) is -0.0523. The second-order valence-electron chi connectivity index (χ2n) is 4.13. The lowest BCUT2D eigenvalue weighted by atomic mass is 10.2. The van der Waals surface area contributed by atoms with Gasteiger partial charge in [0.15, 0.2) is 6.10 Å². The van der Waals surface area contributed by atoms with Gasteiger partial charge in [-0.25, -0.2) is 4.79 Å². The Morgan fingerprint density at radius 1 is 1.33 bits per heavy atom. The van der Waals surface area contributed by atoms with Gasteiger partial charge in [0.05, 0.1) is 0 Å². The van der Waals surface area contributed by atoms with Gasteiger partial charge >= 0.3 is 5.97 Å². The molecule has 5 nitrogen and oxygen atoms in total. The Bertz CT molecular complexity index is 435. The van der Waals surface area contributed by atoms with Crippen LogP contribution in [0.15, 0.2) is 24.3 Å². The van der Waals surface area contributed by atoms with E-state index >= 15 is 0 Å². The molecule has 1 aliphatic heterocycles. The Hall–Kier alpha value is -1.88. The third-order valence-corrected chi connectivity index (χ3v) is 2.59.